The van der Waals surface area contributed by atoms with Crippen LogP contribution in [0.4, 0.5) is 0 Å². The molecular weight excluding hydrogens is 282 g/mol. The fraction of sp³-hybridized carbons (Fsp3) is 0.923. The van der Waals surface area contributed by atoms with Crippen LogP contribution in [0.15, 0.2) is 0 Å². The van der Waals surface area contributed by atoms with Crippen molar-refractivity contribution in [2.45, 2.75) is 51.0 Å². The Morgan fingerprint density at radius 3 is 2.25 bits per heavy atom. The molecule has 1 unspecified atom stereocenters. The first-order chi connectivity index (χ1) is 9.14. The fourth-order valence-corrected chi connectivity index (χ4v) is 5.18. The Hall–Kier alpha value is -0.660. The highest BCUT2D eigenvalue weighted by atomic mass is 32.2. The van der Waals surface area contributed by atoms with E-state index < -0.39 is 28.1 Å². The van der Waals surface area contributed by atoms with Crippen molar-refractivity contribution < 1.29 is 23.4 Å². The van der Waals surface area contributed by atoms with Gasteiger partial charge in [-0.05, 0) is 56.8 Å². The van der Waals surface area contributed by atoms with Gasteiger partial charge in [0.15, 0.2) is 5.60 Å². The van der Waals surface area contributed by atoms with Gasteiger partial charge in [-0.3, -0.25) is 0 Å². The second kappa shape index (κ2) is 5.27. The molecule has 1 atom stereocenters. The molecule has 0 aromatic rings. The Balaban J connectivity index is 1.96. The molecule has 3 N–H and O–H groups in total. The van der Waals surface area contributed by atoms with Crippen LogP contribution in [-0.2, 0) is 14.8 Å². The summed E-state index contributed by atoms with van der Waals surface area (Å²) in [4.78, 5) is 10.8. The smallest absolute Gasteiger partial charge is 0.336 e. The Labute approximate surface area is 119 Å². The summed E-state index contributed by atoms with van der Waals surface area (Å²) in [6.45, 7) is 0.589. The van der Waals surface area contributed by atoms with E-state index in [4.69, 9.17) is 5.11 Å². The molecule has 0 aromatic carbocycles. The highest BCUT2D eigenvalue weighted by Gasteiger charge is 2.43. The van der Waals surface area contributed by atoms with Gasteiger partial charge in [-0.1, -0.05) is 0 Å². The van der Waals surface area contributed by atoms with E-state index in [0.717, 1.165) is 51.4 Å². The summed E-state index contributed by atoms with van der Waals surface area (Å²) in [6.07, 6.45) is 6.11. The van der Waals surface area contributed by atoms with Crippen molar-refractivity contribution in [3.63, 3.8) is 0 Å². The lowest BCUT2D eigenvalue weighted by Gasteiger charge is -2.46. The Morgan fingerprint density at radius 2 is 1.80 bits per heavy atom. The van der Waals surface area contributed by atoms with E-state index in [0.29, 0.717) is 0 Å². The monoisotopic (exact) mass is 305 g/mol. The number of aliphatic carboxylic acids is 1. The molecule has 20 heavy (non-hydrogen) atoms. The van der Waals surface area contributed by atoms with Crippen LogP contribution in [0.5, 0.6) is 0 Å². The third-order valence-electron chi connectivity index (χ3n) is 4.84. The molecule has 0 radical (unpaired) electrons. The van der Waals surface area contributed by atoms with Gasteiger partial charge >= 0.3 is 5.97 Å². The minimum absolute atomic E-state index is 0.0441. The van der Waals surface area contributed by atoms with E-state index in [9.17, 15) is 18.3 Å². The van der Waals surface area contributed by atoms with Crippen LogP contribution in [0.2, 0.25) is 0 Å². The number of carboxylic acids is 1. The van der Waals surface area contributed by atoms with Crippen molar-refractivity contribution >= 4 is 16.0 Å². The Bertz CT molecular complexity index is 463. The van der Waals surface area contributed by atoms with Crippen molar-refractivity contribution in [2.75, 3.05) is 12.3 Å². The normalized spacial score (nSPS) is 32.8. The molecule has 3 aliphatic rings. The molecule has 3 saturated carbocycles. The zero-order valence-corrected chi connectivity index (χ0v) is 12.6. The highest BCUT2D eigenvalue weighted by molar-refractivity contribution is 7.89. The molecular formula is C13H23NO5S. The van der Waals surface area contributed by atoms with Crippen LogP contribution in [0.25, 0.3) is 0 Å². The highest BCUT2D eigenvalue weighted by Crippen LogP contribution is 2.50. The summed E-state index contributed by atoms with van der Waals surface area (Å²) in [5, 5.41) is 18.3. The summed E-state index contributed by atoms with van der Waals surface area (Å²) >= 11 is 0. The van der Waals surface area contributed by atoms with Crippen LogP contribution in [0.3, 0.4) is 0 Å². The van der Waals surface area contributed by atoms with Crippen molar-refractivity contribution in [1.29, 1.82) is 0 Å². The first-order valence-corrected chi connectivity index (χ1v) is 8.73. The number of aliphatic hydroxyl groups is 1. The van der Waals surface area contributed by atoms with Gasteiger partial charge in [0, 0.05) is 6.54 Å². The second-order valence-electron chi connectivity index (χ2n) is 6.64. The van der Waals surface area contributed by atoms with Crippen LogP contribution >= 0.6 is 0 Å². The van der Waals surface area contributed by atoms with Gasteiger partial charge in [-0.2, -0.15) is 0 Å². The molecule has 3 rings (SSSR count). The van der Waals surface area contributed by atoms with E-state index >= 15 is 0 Å². The van der Waals surface area contributed by atoms with Crippen molar-refractivity contribution in [2.24, 2.45) is 11.3 Å². The van der Waals surface area contributed by atoms with Crippen LogP contribution < -0.4 is 4.72 Å². The third-order valence-corrected chi connectivity index (χ3v) is 6.42. The van der Waals surface area contributed by atoms with Gasteiger partial charge in [0.2, 0.25) is 10.0 Å². The standard InChI is InChI=1S/C13H23NO5S/c1-12(17,11(15)16)8-14-20(18,19)9-13-5-2-10(3-6-13)4-7-13/h10,14,17H,2-9H2,1H3,(H,15,16). The number of rotatable bonds is 6. The van der Waals surface area contributed by atoms with E-state index in [1.807, 2.05) is 0 Å². The maximum Gasteiger partial charge on any atom is 0.336 e. The maximum atomic E-state index is 12.1. The molecule has 116 valence electrons. The summed E-state index contributed by atoms with van der Waals surface area (Å²) in [7, 11) is -3.57. The number of hydrogen-bond donors (Lipinski definition) is 3. The molecule has 2 bridgehead atoms. The predicted octanol–water partition coefficient (Wildman–Crippen LogP) is 0.712. The zero-order valence-electron chi connectivity index (χ0n) is 11.8. The lowest BCUT2D eigenvalue weighted by Crippen LogP contribution is -2.49. The topological polar surface area (TPSA) is 104 Å². The molecule has 3 aliphatic carbocycles. The largest absolute Gasteiger partial charge is 0.479 e. The molecule has 6 nitrogen and oxygen atoms in total. The number of fused-ring (bicyclic) bond motifs is 3. The van der Waals surface area contributed by atoms with Gasteiger partial charge in [-0.25, -0.2) is 17.9 Å². The number of carbonyl (C=O) groups is 1. The molecule has 3 fully saturated rings. The number of carboxylic acid groups (broad SMARTS) is 1. The lowest BCUT2D eigenvalue weighted by atomic mass is 9.62. The van der Waals surface area contributed by atoms with Crippen LogP contribution in [0.1, 0.15) is 45.4 Å². The van der Waals surface area contributed by atoms with Gasteiger partial charge in [0.25, 0.3) is 0 Å². The van der Waals surface area contributed by atoms with E-state index in [-0.39, 0.29) is 11.2 Å². The van der Waals surface area contributed by atoms with Gasteiger partial charge in [-0.15, -0.1) is 0 Å². The summed E-state index contributed by atoms with van der Waals surface area (Å²) in [6, 6.07) is 0. The summed E-state index contributed by atoms with van der Waals surface area (Å²) in [5.41, 5.74) is -2.22. The quantitative estimate of drug-likeness (QED) is 0.670. The first-order valence-electron chi connectivity index (χ1n) is 7.07. The minimum Gasteiger partial charge on any atom is -0.479 e. The number of sulfonamides is 1. The molecule has 7 heteroatoms. The van der Waals surface area contributed by atoms with Crippen molar-refractivity contribution in [3.8, 4) is 0 Å². The van der Waals surface area contributed by atoms with Crippen LogP contribution in [0, 0.1) is 11.3 Å². The lowest BCUT2D eigenvalue weighted by molar-refractivity contribution is -0.155. The first kappa shape index (κ1) is 15.7. The SMILES string of the molecule is CC(O)(CNS(=O)(=O)CC12CCC(CC1)CC2)C(=O)O. The third kappa shape index (κ3) is 3.51. The number of nitrogens with one attached hydrogen (secondary N) is 1. The summed E-state index contributed by atoms with van der Waals surface area (Å²) in [5.74, 6) is -0.626. The van der Waals surface area contributed by atoms with E-state index in [1.54, 1.807) is 0 Å². The molecule has 0 heterocycles. The maximum absolute atomic E-state index is 12.1. The van der Waals surface area contributed by atoms with Crippen molar-refractivity contribution in [1.82, 2.24) is 4.72 Å². The molecule has 0 aliphatic heterocycles. The van der Waals surface area contributed by atoms with Gasteiger partial charge in [0.05, 0.1) is 5.75 Å². The van der Waals surface area contributed by atoms with Gasteiger partial charge in [0.1, 0.15) is 0 Å². The zero-order chi connectivity index (χ0) is 15.0. The molecule has 0 saturated heterocycles. The van der Waals surface area contributed by atoms with Crippen LogP contribution in [-0.4, -0.2) is 42.5 Å². The fourth-order valence-electron chi connectivity index (χ4n) is 3.34. The average molecular weight is 305 g/mol. The molecule has 0 spiro atoms. The van der Waals surface area contributed by atoms with Gasteiger partial charge < -0.3 is 10.2 Å². The Morgan fingerprint density at radius 1 is 1.30 bits per heavy atom. The minimum atomic E-state index is -3.57. The average Bonchev–Trinajstić information content (AvgIpc) is 2.37. The van der Waals surface area contributed by atoms with E-state index in [1.165, 1.54) is 0 Å². The molecule has 0 aromatic heterocycles. The van der Waals surface area contributed by atoms with Crippen molar-refractivity contribution in [3.05, 3.63) is 0 Å². The predicted molar refractivity (Wildman–Crippen MR) is 73.7 cm³/mol. The van der Waals surface area contributed by atoms with E-state index in [2.05, 4.69) is 4.72 Å². The Kier molecular flexibility index (Phi) is 4.15. The molecule has 0 amide bonds. The second-order valence-corrected chi connectivity index (χ2v) is 8.45. The summed E-state index contributed by atoms with van der Waals surface area (Å²) < 4.78 is 26.5. The number of hydrogen-bond acceptors (Lipinski definition) is 4.